The highest BCUT2D eigenvalue weighted by molar-refractivity contribution is 5.61. The molecule has 2 heterocycles. The van der Waals surface area contributed by atoms with Gasteiger partial charge in [-0.25, -0.2) is 0 Å². The average molecular weight is 247 g/mol. The van der Waals surface area contributed by atoms with Crippen molar-refractivity contribution in [1.29, 1.82) is 0 Å². The molecule has 1 aromatic heterocycles. The number of pyridine rings is 1. The van der Waals surface area contributed by atoms with Gasteiger partial charge in [-0.05, 0) is 32.3 Å². The van der Waals surface area contributed by atoms with Crippen LogP contribution in [-0.2, 0) is 17.7 Å². The second-order valence-electron chi connectivity index (χ2n) is 4.86. The molecule has 1 aromatic rings. The number of aromatic nitrogens is 1. The first kappa shape index (κ1) is 12.9. The second kappa shape index (κ2) is 5.42. The maximum Gasteiger partial charge on any atom is 0.254 e. The molecular weight excluding hydrogens is 226 g/mol. The van der Waals surface area contributed by atoms with E-state index in [-0.39, 0.29) is 5.56 Å². The van der Waals surface area contributed by atoms with Crippen LogP contribution < -0.4 is 5.56 Å². The number of rotatable bonds is 5. The Hall–Kier alpha value is -1.51. The lowest BCUT2D eigenvalue weighted by Gasteiger charge is -2.13. The lowest BCUT2D eigenvalue weighted by Crippen LogP contribution is -2.23. The first-order chi connectivity index (χ1) is 8.65. The summed E-state index contributed by atoms with van der Waals surface area (Å²) in [5, 5.41) is 0. The smallest absolute Gasteiger partial charge is 0.254 e. The standard InChI is InChI=1S/C15H21NO2/c1-4-5-9-18-12(3)14-10-13-7-6-8-16(13)15(17)11(14)2/h10H,3-9H2,1-2H3. The summed E-state index contributed by atoms with van der Waals surface area (Å²) < 4.78 is 7.49. The molecule has 0 bridgehead atoms. The fourth-order valence-electron chi connectivity index (χ4n) is 2.38. The van der Waals surface area contributed by atoms with E-state index in [4.69, 9.17) is 4.74 Å². The molecule has 1 aliphatic heterocycles. The Morgan fingerprint density at radius 1 is 1.56 bits per heavy atom. The minimum Gasteiger partial charge on any atom is -0.494 e. The van der Waals surface area contributed by atoms with Crippen LogP contribution in [0.15, 0.2) is 17.4 Å². The molecule has 0 atom stereocenters. The second-order valence-corrected chi connectivity index (χ2v) is 4.86. The van der Waals surface area contributed by atoms with E-state index in [0.29, 0.717) is 12.4 Å². The molecule has 0 spiro atoms. The highest BCUT2D eigenvalue weighted by atomic mass is 16.5. The van der Waals surface area contributed by atoms with Gasteiger partial charge in [0.15, 0.2) is 0 Å². The van der Waals surface area contributed by atoms with E-state index in [1.807, 2.05) is 11.5 Å². The lowest BCUT2D eigenvalue weighted by atomic mass is 10.1. The van der Waals surface area contributed by atoms with Gasteiger partial charge in [0.2, 0.25) is 0 Å². The topological polar surface area (TPSA) is 31.2 Å². The fraction of sp³-hybridized carbons (Fsp3) is 0.533. The number of ether oxygens (including phenoxy) is 1. The predicted octanol–water partition coefficient (Wildman–Crippen LogP) is 2.89. The van der Waals surface area contributed by atoms with Gasteiger partial charge in [0.1, 0.15) is 5.76 Å². The summed E-state index contributed by atoms with van der Waals surface area (Å²) in [6.45, 7) is 9.46. The lowest BCUT2D eigenvalue weighted by molar-refractivity contribution is 0.271. The Kier molecular flexibility index (Phi) is 3.90. The van der Waals surface area contributed by atoms with Crippen LogP contribution in [0.2, 0.25) is 0 Å². The quantitative estimate of drug-likeness (QED) is 0.592. The molecule has 18 heavy (non-hydrogen) atoms. The zero-order valence-corrected chi connectivity index (χ0v) is 11.3. The van der Waals surface area contributed by atoms with Crippen molar-refractivity contribution >= 4 is 5.76 Å². The third kappa shape index (κ3) is 2.35. The third-order valence-corrected chi connectivity index (χ3v) is 3.52. The molecule has 0 fully saturated rings. The number of fused-ring (bicyclic) bond motifs is 1. The molecule has 98 valence electrons. The van der Waals surface area contributed by atoms with Crippen molar-refractivity contribution in [1.82, 2.24) is 4.57 Å². The number of aryl methyl sites for hydroxylation is 1. The van der Waals surface area contributed by atoms with Gasteiger partial charge in [-0.3, -0.25) is 4.79 Å². The highest BCUT2D eigenvalue weighted by Crippen LogP contribution is 2.21. The molecule has 1 aliphatic rings. The normalized spacial score (nSPS) is 13.4. The Balaban J connectivity index is 2.26. The average Bonchev–Trinajstić information content (AvgIpc) is 2.82. The fourth-order valence-corrected chi connectivity index (χ4v) is 2.38. The first-order valence-electron chi connectivity index (χ1n) is 6.70. The molecule has 2 rings (SSSR count). The van der Waals surface area contributed by atoms with Crippen LogP contribution in [0.3, 0.4) is 0 Å². The van der Waals surface area contributed by atoms with E-state index in [2.05, 4.69) is 19.6 Å². The molecule has 0 radical (unpaired) electrons. The number of hydrogen-bond donors (Lipinski definition) is 0. The summed E-state index contributed by atoms with van der Waals surface area (Å²) in [5.41, 5.74) is 2.85. The van der Waals surface area contributed by atoms with Gasteiger partial charge in [0.05, 0.1) is 6.61 Å². The van der Waals surface area contributed by atoms with Gasteiger partial charge in [0.25, 0.3) is 5.56 Å². The molecular formula is C15H21NO2. The Morgan fingerprint density at radius 2 is 2.33 bits per heavy atom. The van der Waals surface area contributed by atoms with E-state index >= 15 is 0 Å². The first-order valence-corrected chi connectivity index (χ1v) is 6.70. The molecule has 0 amide bonds. The van der Waals surface area contributed by atoms with Crippen LogP contribution in [0.4, 0.5) is 0 Å². The molecule has 3 nitrogen and oxygen atoms in total. The Labute approximate surface area is 108 Å². The van der Waals surface area contributed by atoms with Crippen LogP contribution in [0.1, 0.15) is 43.0 Å². The molecule has 0 saturated carbocycles. The summed E-state index contributed by atoms with van der Waals surface area (Å²) in [5.74, 6) is 0.633. The van der Waals surface area contributed by atoms with Crippen molar-refractivity contribution in [3.8, 4) is 0 Å². The summed E-state index contributed by atoms with van der Waals surface area (Å²) in [6, 6.07) is 2.07. The number of nitrogens with zero attached hydrogens (tertiary/aromatic N) is 1. The molecule has 0 N–H and O–H groups in total. The van der Waals surface area contributed by atoms with E-state index in [1.54, 1.807) is 0 Å². The number of unbranched alkanes of at least 4 members (excludes halogenated alkanes) is 1. The van der Waals surface area contributed by atoms with Crippen LogP contribution >= 0.6 is 0 Å². The van der Waals surface area contributed by atoms with Crippen molar-refractivity contribution in [2.45, 2.75) is 46.1 Å². The highest BCUT2D eigenvalue weighted by Gasteiger charge is 2.17. The van der Waals surface area contributed by atoms with Crippen LogP contribution in [0.25, 0.3) is 5.76 Å². The summed E-state index contributed by atoms with van der Waals surface area (Å²) in [7, 11) is 0. The summed E-state index contributed by atoms with van der Waals surface area (Å²) in [6.07, 6.45) is 4.15. The van der Waals surface area contributed by atoms with Gasteiger partial charge < -0.3 is 9.30 Å². The maximum atomic E-state index is 12.2. The van der Waals surface area contributed by atoms with Crippen molar-refractivity contribution in [2.75, 3.05) is 6.61 Å². The molecule has 0 aliphatic carbocycles. The molecule has 0 unspecified atom stereocenters. The minimum atomic E-state index is 0.111. The SMILES string of the molecule is C=C(OCCCC)c1cc2n(c(=O)c1C)CCC2. The Bertz CT molecular complexity index is 514. The van der Waals surface area contributed by atoms with E-state index in [1.165, 1.54) is 0 Å². The minimum absolute atomic E-state index is 0.111. The molecule has 0 aromatic carbocycles. The van der Waals surface area contributed by atoms with Gasteiger partial charge in [-0.15, -0.1) is 0 Å². The van der Waals surface area contributed by atoms with Crippen LogP contribution in [0.5, 0.6) is 0 Å². The number of hydrogen-bond acceptors (Lipinski definition) is 2. The third-order valence-electron chi connectivity index (χ3n) is 3.52. The largest absolute Gasteiger partial charge is 0.494 e. The maximum absolute atomic E-state index is 12.2. The zero-order chi connectivity index (χ0) is 13.1. The van der Waals surface area contributed by atoms with Crippen molar-refractivity contribution < 1.29 is 4.74 Å². The summed E-state index contributed by atoms with van der Waals surface area (Å²) in [4.78, 5) is 12.2. The van der Waals surface area contributed by atoms with Gasteiger partial charge in [-0.1, -0.05) is 19.9 Å². The van der Waals surface area contributed by atoms with Gasteiger partial charge >= 0.3 is 0 Å². The molecule has 0 saturated heterocycles. The van der Waals surface area contributed by atoms with E-state index in [9.17, 15) is 4.79 Å². The monoisotopic (exact) mass is 247 g/mol. The van der Waals surface area contributed by atoms with Crippen LogP contribution in [0, 0.1) is 6.92 Å². The van der Waals surface area contributed by atoms with Crippen molar-refractivity contribution in [3.63, 3.8) is 0 Å². The molecule has 3 heteroatoms. The predicted molar refractivity (Wildman–Crippen MR) is 73.7 cm³/mol. The van der Waals surface area contributed by atoms with Gasteiger partial charge in [-0.2, -0.15) is 0 Å². The summed E-state index contributed by atoms with van der Waals surface area (Å²) >= 11 is 0. The Morgan fingerprint density at radius 3 is 3.06 bits per heavy atom. The van der Waals surface area contributed by atoms with Crippen molar-refractivity contribution in [3.05, 3.63) is 39.8 Å². The van der Waals surface area contributed by atoms with Crippen molar-refractivity contribution in [2.24, 2.45) is 0 Å². The van der Waals surface area contributed by atoms with E-state index in [0.717, 1.165) is 49.0 Å². The van der Waals surface area contributed by atoms with E-state index < -0.39 is 0 Å². The van der Waals surface area contributed by atoms with Crippen LogP contribution in [-0.4, -0.2) is 11.2 Å². The van der Waals surface area contributed by atoms with Gasteiger partial charge in [0, 0.05) is 23.4 Å². The zero-order valence-electron chi connectivity index (χ0n) is 11.3.